The number of nitrogen functional groups attached to an aromatic ring is 1. The summed E-state index contributed by atoms with van der Waals surface area (Å²) in [6.07, 6.45) is 0. The van der Waals surface area contributed by atoms with Gasteiger partial charge >= 0.3 is 0 Å². The lowest BCUT2D eigenvalue weighted by Crippen LogP contribution is -2.22. The van der Waals surface area contributed by atoms with E-state index in [0.29, 0.717) is 13.9 Å². The van der Waals surface area contributed by atoms with Crippen molar-refractivity contribution >= 4 is 55.8 Å². The van der Waals surface area contributed by atoms with Gasteiger partial charge in [0.15, 0.2) is 4.34 Å². The van der Waals surface area contributed by atoms with Crippen molar-refractivity contribution in [2.24, 2.45) is 0 Å². The minimum Gasteiger partial charge on any atom is -0.374 e. The van der Waals surface area contributed by atoms with Crippen LogP contribution in [0, 0.1) is 5.82 Å². The monoisotopic (exact) mass is 376 g/mol. The van der Waals surface area contributed by atoms with Crippen LogP contribution >= 0.6 is 39.0 Å². The summed E-state index contributed by atoms with van der Waals surface area (Å²) in [5.74, 6) is -0.810. The second-order valence-electron chi connectivity index (χ2n) is 3.78. The van der Waals surface area contributed by atoms with Gasteiger partial charge < -0.3 is 11.1 Å². The number of rotatable bonds is 4. The number of benzene rings is 1. The lowest BCUT2D eigenvalue weighted by molar-refractivity contribution is -0.115. The fourth-order valence-corrected chi connectivity index (χ4v) is 3.41. The second-order valence-corrected chi connectivity index (χ2v) is 7.29. The van der Waals surface area contributed by atoms with E-state index in [0.717, 1.165) is 0 Å². The van der Waals surface area contributed by atoms with Gasteiger partial charge in [0.25, 0.3) is 0 Å². The minimum absolute atomic E-state index is 0.141. The molecule has 0 fully saturated rings. The first-order valence-electron chi connectivity index (χ1n) is 5.47. The molecule has 0 saturated carbocycles. The van der Waals surface area contributed by atoms with Crippen LogP contribution in [0.25, 0.3) is 0 Å². The molecular weight excluding hydrogens is 367 g/mol. The molecule has 0 aliphatic rings. The Morgan fingerprint density at radius 2 is 2.30 bits per heavy atom. The normalized spacial score (nSPS) is 12.2. The number of thioether (sulfide) groups is 1. The van der Waals surface area contributed by atoms with E-state index in [-0.39, 0.29) is 11.6 Å². The molecule has 2 aromatic rings. The predicted octanol–water partition coefficient (Wildman–Crippen LogP) is 3.14. The Morgan fingerprint density at radius 3 is 2.90 bits per heavy atom. The standard InChI is InChI=1S/C11H10BrFN4OS2/c1-5(19-11-17-16-10(14)20-11)9(18)15-8-3-2-6(12)4-7(8)13/h2-5H,1H3,(H2,14,16)(H,15,18)/t5-/m0/s1. The fourth-order valence-electron chi connectivity index (χ4n) is 1.30. The molecule has 0 saturated heterocycles. The van der Waals surface area contributed by atoms with Crippen LogP contribution in [0.2, 0.25) is 0 Å². The zero-order valence-electron chi connectivity index (χ0n) is 10.3. The molecule has 2 rings (SSSR count). The Bertz CT molecular complexity index is 637. The number of halogens is 2. The number of nitrogens with two attached hydrogens (primary N) is 1. The van der Waals surface area contributed by atoms with Gasteiger partial charge in [-0.15, -0.1) is 10.2 Å². The van der Waals surface area contributed by atoms with E-state index in [4.69, 9.17) is 5.73 Å². The molecular formula is C11H10BrFN4OS2. The Kier molecular flexibility index (Phi) is 4.95. The van der Waals surface area contributed by atoms with E-state index in [1.807, 2.05) is 0 Å². The molecule has 1 amide bonds. The summed E-state index contributed by atoms with van der Waals surface area (Å²) in [5.41, 5.74) is 5.61. The summed E-state index contributed by atoms with van der Waals surface area (Å²) in [6, 6.07) is 4.44. The molecule has 5 nitrogen and oxygen atoms in total. The molecule has 1 aromatic heterocycles. The number of anilines is 2. The van der Waals surface area contributed by atoms with Crippen molar-refractivity contribution in [3.05, 3.63) is 28.5 Å². The second kappa shape index (κ2) is 6.51. The maximum absolute atomic E-state index is 13.6. The molecule has 0 spiro atoms. The molecule has 9 heteroatoms. The molecule has 1 aromatic carbocycles. The van der Waals surface area contributed by atoms with Crippen molar-refractivity contribution in [3.8, 4) is 0 Å². The van der Waals surface area contributed by atoms with Crippen molar-refractivity contribution in [2.45, 2.75) is 16.5 Å². The molecule has 0 bridgehead atoms. The Balaban J connectivity index is 2.00. The number of hydrogen-bond acceptors (Lipinski definition) is 6. The van der Waals surface area contributed by atoms with E-state index in [2.05, 4.69) is 31.4 Å². The Morgan fingerprint density at radius 1 is 1.55 bits per heavy atom. The van der Waals surface area contributed by atoms with Gasteiger partial charge in [0.2, 0.25) is 11.0 Å². The minimum atomic E-state index is -0.495. The molecule has 3 N–H and O–H groups in total. The van der Waals surface area contributed by atoms with E-state index < -0.39 is 11.1 Å². The quantitative estimate of drug-likeness (QED) is 0.801. The van der Waals surface area contributed by atoms with Crippen LogP contribution in [0.15, 0.2) is 27.0 Å². The van der Waals surface area contributed by atoms with Crippen molar-refractivity contribution in [2.75, 3.05) is 11.1 Å². The third-order valence-corrected chi connectivity index (χ3v) is 4.69. The molecule has 106 valence electrons. The lowest BCUT2D eigenvalue weighted by Gasteiger charge is -2.11. The van der Waals surface area contributed by atoms with E-state index in [1.165, 1.54) is 35.2 Å². The van der Waals surface area contributed by atoms with Crippen molar-refractivity contribution < 1.29 is 9.18 Å². The average Bonchev–Trinajstić information content (AvgIpc) is 2.78. The predicted molar refractivity (Wildman–Crippen MR) is 82.4 cm³/mol. The molecule has 1 heterocycles. The van der Waals surface area contributed by atoms with Gasteiger partial charge in [-0.05, 0) is 25.1 Å². The van der Waals surface area contributed by atoms with Gasteiger partial charge in [-0.3, -0.25) is 4.79 Å². The van der Waals surface area contributed by atoms with Crippen LogP contribution in [0.5, 0.6) is 0 Å². The Labute approximate surface area is 131 Å². The summed E-state index contributed by atoms with van der Waals surface area (Å²) in [5, 5.41) is 9.93. The van der Waals surface area contributed by atoms with Gasteiger partial charge in [0, 0.05) is 4.47 Å². The van der Waals surface area contributed by atoms with Crippen LogP contribution in [0.1, 0.15) is 6.92 Å². The van der Waals surface area contributed by atoms with Gasteiger partial charge in [-0.25, -0.2) is 4.39 Å². The zero-order valence-corrected chi connectivity index (χ0v) is 13.5. The zero-order chi connectivity index (χ0) is 14.7. The summed E-state index contributed by atoms with van der Waals surface area (Å²) >= 11 is 5.58. The molecule has 0 unspecified atom stereocenters. The smallest absolute Gasteiger partial charge is 0.237 e. The number of nitrogens with zero attached hydrogens (tertiary/aromatic N) is 2. The van der Waals surface area contributed by atoms with E-state index >= 15 is 0 Å². The number of nitrogens with one attached hydrogen (secondary N) is 1. The fraction of sp³-hybridized carbons (Fsp3) is 0.182. The topological polar surface area (TPSA) is 80.9 Å². The number of aromatic nitrogens is 2. The molecule has 0 aliphatic carbocycles. The first kappa shape index (κ1) is 15.2. The van der Waals surface area contributed by atoms with Gasteiger partial charge in [-0.1, -0.05) is 39.0 Å². The number of amides is 1. The van der Waals surface area contributed by atoms with Crippen LogP contribution in [-0.4, -0.2) is 21.4 Å². The van der Waals surface area contributed by atoms with Crippen LogP contribution < -0.4 is 11.1 Å². The van der Waals surface area contributed by atoms with Gasteiger partial charge in [0.1, 0.15) is 5.82 Å². The van der Waals surface area contributed by atoms with Gasteiger partial charge in [0.05, 0.1) is 10.9 Å². The summed E-state index contributed by atoms with van der Waals surface area (Å²) < 4.78 is 14.8. The maximum Gasteiger partial charge on any atom is 0.237 e. The highest BCUT2D eigenvalue weighted by atomic mass is 79.9. The summed E-state index contributed by atoms with van der Waals surface area (Å²) in [4.78, 5) is 12.0. The molecule has 0 radical (unpaired) electrons. The van der Waals surface area contributed by atoms with Crippen molar-refractivity contribution in [1.29, 1.82) is 0 Å². The van der Waals surface area contributed by atoms with Gasteiger partial charge in [-0.2, -0.15) is 0 Å². The summed E-state index contributed by atoms with van der Waals surface area (Å²) in [7, 11) is 0. The number of hydrogen-bond donors (Lipinski definition) is 2. The van der Waals surface area contributed by atoms with E-state index in [1.54, 1.807) is 13.0 Å². The van der Waals surface area contributed by atoms with Crippen molar-refractivity contribution in [3.63, 3.8) is 0 Å². The van der Waals surface area contributed by atoms with Crippen molar-refractivity contribution in [1.82, 2.24) is 10.2 Å². The number of carbonyl (C=O) groups excluding carboxylic acids is 1. The average molecular weight is 377 g/mol. The molecule has 0 aliphatic heterocycles. The Hall–Kier alpha value is -1.19. The maximum atomic E-state index is 13.6. The number of carbonyl (C=O) groups is 1. The summed E-state index contributed by atoms with van der Waals surface area (Å²) in [6.45, 7) is 1.70. The van der Waals surface area contributed by atoms with Crippen LogP contribution in [0.3, 0.4) is 0 Å². The molecule has 1 atom stereocenters. The van der Waals surface area contributed by atoms with Crippen LogP contribution in [-0.2, 0) is 4.79 Å². The first-order chi connectivity index (χ1) is 9.45. The third-order valence-electron chi connectivity index (χ3n) is 2.26. The van der Waals surface area contributed by atoms with E-state index in [9.17, 15) is 9.18 Å². The highest BCUT2D eigenvalue weighted by Gasteiger charge is 2.18. The third kappa shape index (κ3) is 3.90. The SMILES string of the molecule is C[C@H](Sc1nnc(N)s1)C(=O)Nc1ccc(Br)cc1F. The highest BCUT2D eigenvalue weighted by molar-refractivity contribution is 9.10. The van der Waals surface area contributed by atoms with Crippen LogP contribution in [0.4, 0.5) is 15.2 Å². The highest BCUT2D eigenvalue weighted by Crippen LogP contribution is 2.28. The molecule has 20 heavy (non-hydrogen) atoms. The largest absolute Gasteiger partial charge is 0.374 e. The lowest BCUT2D eigenvalue weighted by atomic mass is 10.3. The first-order valence-corrected chi connectivity index (χ1v) is 7.96.